The lowest BCUT2D eigenvalue weighted by Crippen LogP contribution is -2.10. The van der Waals surface area contributed by atoms with Gasteiger partial charge in [-0.05, 0) is 24.3 Å². The third kappa shape index (κ3) is 8.81. The van der Waals surface area contributed by atoms with Crippen LogP contribution < -0.4 is 11.5 Å². The third-order valence-electron chi connectivity index (χ3n) is 1.20. The Hall–Kier alpha value is -1.51. The molecule has 3 heteroatoms. The lowest BCUT2D eigenvalue weighted by atomic mass is 10.2. The maximum Gasteiger partial charge on any atom is 0.248 e. The largest absolute Gasteiger partial charge is 0.399 e. The molecule has 3 nitrogen and oxygen atoms in total. The molecule has 1 aromatic carbocycles. The van der Waals surface area contributed by atoms with E-state index in [-0.39, 0.29) is 7.43 Å². The Morgan fingerprint density at radius 3 is 1.60 bits per heavy atom. The van der Waals surface area contributed by atoms with Crippen LogP contribution in [-0.4, -0.2) is 5.91 Å². The quantitative estimate of drug-likeness (QED) is 0.702. The Bertz CT molecular complexity index is 242. The number of carbonyl (C=O) groups is 1. The van der Waals surface area contributed by atoms with Crippen LogP contribution in [0.4, 0.5) is 5.69 Å². The molecule has 4 N–H and O–H groups in total. The van der Waals surface area contributed by atoms with Gasteiger partial charge in [0.1, 0.15) is 0 Å². The molecule has 0 spiro atoms. The van der Waals surface area contributed by atoms with Gasteiger partial charge in [-0.15, -0.1) is 0 Å². The van der Waals surface area contributed by atoms with Crippen LogP contribution in [0.3, 0.4) is 0 Å². The number of carbonyl (C=O) groups excluding carboxylic acids is 1. The summed E-state index contributed by atoms with van der Waals surface area (Å²) in [4.78, 5) is 10.5. The van der Waals surface area contributed by atoms with Gasteiger partial charge in [-0.3, -0.25) is 4.79 Å². The molecule has 0 atom stereocenters. The van der Waals surface area contributed by atoms with E-state index in [1.165, 1.54) is 0 Å². The minimum Gasteiger partial charge on any atom is -0.399 e. The van der Waals surface area contributed by atoms with Crippen LogP contribution >= 0.6 is 0 Å². The van der Waals surface area contributed by atoms with Gasteiger partial charge in [0.05, 0.1) is 0 Å². The molecule has 1 aromatic rings. The molecule has 0 aliphatic rings. The van der Waals surface area contributed by atoms with Gasteiger partial charge in [0.15, 0.2) is 0 Å². The highest BCUT2D eigenvalue weighted by Gasteiger charge is 1.96. The highest BCUT2D eigenvalue weighted by molar-refractivity contribution is 5.92. The molecule has 1 rings (SSSR count). The van der Waals surface area contributed by atoms with Gasteiger partial charge in [-0.2, -0.15) is 0 Å². The number of benzene rings is 1. The van der Waals surface area contributed by atoms with Gasteiger partial charge >= 0.3 is 0 Å². The summed E-state index contributed by atoms with van der Waals surface area (Å²) in [5, 5.41) is 0. The standard InChI is InChI=1S/C7H8N2O.2C2H6.CH4/c8-6-3-1-5(2-4-6)7(9)10;2*1-2;/h1-4H,8H2,(H2,9,10);2*1-2H3;1H4. The van der Waals surface area contributed by atoms with Crippen molar-refractivity contribution in [2.45, 2.75) is 35.1 Å². The van der Waals surface area contributed by atoms with Gasteiger partial charge < -0.3 is 11.5 Å². The van der Waals surface area contributed by atoms with E-state index in [2.05, 4.69) is 0 Å². The molecule has 0 bridgehead atoms. The number of primary amides is 1. The minimum absolute atomic E-state index is 0. The van der Waals surface area contributed by atoms with Crippen molar-refractivity contribution in [2.75, 3.05) is 5.73 Å². The Balaban J connectivity index is -0.000000258. The summed E-state index contributed by atoms with van der Waals surface area (Å²) in [6.07, 6.45) is 0. The number of amides is 1. The second-order valence-electron chi connectivity index (χ2n) is 1.99. The average Bonchev–Trinajstić information content (AvgIpc) is 2.24. The predicted molar refractivity (Wildman–Crippen MR) is 68.8 cm³/mol. The maximum atomic E-state index is 10.5. The fourth-order valence-electron chi connectivity index (χ4n) is 0.647. The Labute approximate surface area is 93.5 Å². The van der Waals surface area contributed by atoms with Crippen molar-refractivity contribution in [1.82, 2.24) is 0 Å². The van der Waals surface area contributed by atoms with Crippen LogP contribution in [0, 0.1) is 0 Å². The van der Waals surface area contributed by atoms with Crippen LogP contribution in [0.15, 0.2) is 24.3 Å². The van der Waals surface area contributed by atoms with E-state index in [0.717, 1.165) is 0 Å². The first-order valence-electron chi connectivity index (χ1n) is 4.85. The van der Waals surface area contributed by atoms with Crippen molar-refractivity contribution < 1.29 is 4.79 Å². The van der Waals surface area contributed by atoms with E-state index in [9.17, 15) is 4.79 Å². The van der Waals surface area contributed by atoms with E-state index in [1.807, 2.05) is 27.7 Å². The zero-order valence-electron chi connectivity index (χ0n) is 9.37. The molecule has 0 unspecified atom stereocenters. The van der Waals surface area contributed by atoms with Crippen LogP contribution in [0.2, 0.25) is 0 Å². The normalized spacial score (nSPS) is 6.93. The molecule has 0 radical (unpaired) electrons. The van der Waals surface area contributed by atoms with Crippen LogP contribution in [0.1, 0.15) is 45.5 Å². The van der Waals surface area contributed by atoms with E-state index in [4.69, 9.17) is 11.5 Å². The third-order valence-corrected chi connectivity index (χ3v) is 1.20. The van der Waals surface area contributed by atoms with Crippen molar-refractivity contribution >= 4 is 11.6 Å². The number of rotatable bonds is 1. The molecular weight excluding hydrogens is 188 g/mol. The summed E-state index contributed by atoms with van der Waals surface area (Å²) in [6, 6.07) is 6.47. The number of anilines is 1. The number of nitrogen functional groups attached to an aromatic ring is 1. The summed E-state index contributed by atoms with van der Waals surface area (Å²) >= 11 is 0. The van der Waals surface area contributed by atoms with Gasteiger partial charge in [0.25, 0.3) is 0 Å². The molecule has 0 aromatic heterocycles. The number of hydrogen-bond acceptors (Lipinski definition) is 2. The molecule has 0 fully saturated rings. The van der Waals surface area contributed by atoms with Gasteiger partial charge in [0, 0.05) is 11.3 Å². The maximum absolute atomic E-state index is 10.5. The predicted octanol–water partition coefficient (Wildman–Crippen LogP) is 3.06. The SMILES string of the molecule is C.CC.CC.NC(=O)c1ccc(N)cc1. The van der Waals surface area contributed by atoms with Gasteiger partial charge in [0.2, 0.25) is 5.91 Å². The fraction of sp³-hybridized carbons (Fsp3) is 0.417. The molecule has 88 valence electrons. The summed E-state index contributed by atoms with van der Waals surface area (Å²) in [5.41, 5.74) is 11.5. The minimum atomic E-state index is -0.431. The van der Waals surface area contributed by atoms with E-state index < -0.39 is 5.91 Å². The molecule has 0 aliphatic carbocycles. The molecule has 15 heavy (non-hydrogen) atoms. The zero-order valence-corrected chi connectivity index (χ0v) is 9.37. The van der Waals surface area contributed by atoms with Crippen molar-refractivity contribution in [1.29, 1.82) is 0 Å². The Morgan fingerprint density at radius 1 is 1.00 bits per heavy atom. The van der Waals surface area contributed by atoms with E-state index in [0.29, 0.717) is 11.3 Å². The second-order valence-corrected chi connectivity index (χ2v) is 1.99. The Kier molecular flexibility index (Phi) is 15.9. The lowest BCUT2D eigenvalue weighted by Gasteiger charge is -1.93. The molecule has 0 saturated heterocycles. The van der Waals surface area contributed by atoms with E-state index >= 15 is 0 Å². The van der Waals surface area contributed by atoms with Crippen LogP contribution in [-0.2, 0) is 0 Å². The van der Waals surface area contributed by atoms with Gasteiger partial charge in [-0.25, -0.2) is 0 Å². The van der Waals surface area contributed by atoms with Crippen molar-refractivity contribution in [3.63, 3.8) is 0 Å². The average molecular weight is 212 g/mol. The first-order chi connectivity index (χ1) is 6.70. The fourth-order valence-corrected chi connectivity index (χ4v) is 0.647. The van der Waals surface area contributed by atoms with E-state index in [1.54, 1.807) is 24.3 Å². The van der Waals surface area contributed by atoms with Crippen molar-refractivity contribution in [2.24, 2.45) is 5.73 Å². The monoisotopic (exact) mass is 212 g/mol. The van der Waals surface area contributed by atoms with Crippen molar-refractivity contribution in [3.8, 4) is 0 Å². The van der Waals surface area contributed by atoms with Crippen LogP contribution in [0.25, 0.3) is 0 Å². The number of hydrogen-bond donors (Lipinski definition) is 2. The van der Waals surface area contributed by atoms with Crippen LogP contribution in [0.5, 0.6) is 0 Å². The summed E-state index contributed by atoms with van der Waals surface area (Å²) < 4.78 is 0. The first kappa shape index (κ1) is 19.1. The van der Waals surface area contributed by atoms with Gasteiger partial charge in [-0.1, -0.05) is 35.1 Å². The lowest BCUT2D eigenvalue weighted by molar-refractivity contribution is 0.100. The molecular formula is C12H24N2O. The number of nitrogens with two attached hydrogens (primary N) is 2. The molecule has 0 aliphatic heterocycles. The topological polar surface area (TPSA) is 69.1 Å². The molecule has 0 saturated carbocycles. The molecule has 0 heterocycles. The Morgan fingerprint density at radius 2 is 1.33 bits per heavy atom. The highest BCUT2D eigenvalue weighted by Crippen LogP contribution is 2.03. The second kappa shape index (κ2) is 12.5. The summed E-state index contributed by atoms with van der Waals surface area (Å²) in [7, 11) is 0. The zero-order chi connectivity index (χ0) is 11.6. The molecule has 1 amide bonds. The smallest absolute Gasteiger partial charge is 0.248 e. The highest BCUT2D eigenvalue weighted by atomic mass is 16.1. The summed E-state index contributed by atoms with van der Waals surface area (Å²) in [6.45, 7) is 8.00. The first-order valence-corrected chi connectivity index (χ1v) is 4.85. The summed E-state index contributed by atoms with van der Waals surface area (Å²) in [5.74, 6) is -0.431. The van der Waals surface area contributed by atoms with Crippen molar-refractivity contribution in [3.05, 3.63) is 29.8 Å².